The largest absolute Gasteiger partial charge is 0.481 e. The van der Waals surface area contributed by atoms with Gasteiger partial charge in [-0.05, 0) is 44.2 Å². The number of aryl methyl sites for hydroxylation is 1. The van der Waals surface area contributed by atoms with Gasteiger partial charge in [0.25, 0.3) is 0 Å². The van der Waals surface area contributed by atoms with Crippen LogP contribution in [0.3, 0.4) is 0 Å². The second-order valence-electron chi connectivity index (χ2n) is 6.18. The monoisotopic (exact) mass is 371 g/mol. The molecule has 0 saturated heterocycles. The fourth-order valence-electron chi connectivity index (χ4n) is 2.85. The van der Waals surface area contributed by atoms with Crippen LogP contribution in [0.4, 0.5) is 5.69 Å². The normalized spacial score (nSPS) is 10.6. The highest BCUT2D eigenvalue weighted by molar-refractivity contribution is 6.02. The summed E-state index contributed by atoms with van der Waals surface area (Å²) < 4.78 is 7.24. The summed E-state index contributed by atoms with van der Waals surface area (Å²) in [6, 6.07) is 17.0. The highest BCUT2D eigenvalue weighted by atomic mass is 16.5. The molecule has 0 atom stereocenters. The van der Waals surface area contributed by atoms with Crippen molar-refractivity contribution in [3.05, 3.63) is 77.6 Å². The number of rotatable bonds is 6. The summed E-state index contributed by atoms with van der Waals surface area (Å²) in [5.74, 6) is 2.78. The molecule has 5 heteroatoms. The standard InChI is InChI=1S/C23H21N3O2/c1-4-15-28-21-12-8-9-19(16-21)24-23(27)14-13-22-17(2)25-26(18(22)3)20-10-6-5-7-11-20/h1,5-14,16H,15H2,2-3H3,(H,24,27)/b14-13+. The molecule has 0 saturated carbocycles. The summed E-state index contributed by atoms with van der Waals surface area (Å²) in [6.07, 6.45) is 8.48. The summed E-state index contributed by atoms with van der Waals surface area (Å²) in [5, 5.41) is 7.41. The molecule has 3 rings (SSSR count). The van der Waals surface area contributed by atoms with E-state index in [1.165, 1.54) is 6.08 Å². The van der Waals surface area contributed by atoms with Gasteiger partial charge in [-0.15, -0.1) is 6.42 Å². The Labute approximate surface area is 164 Å². The third kappa shape index (κ3) is 4.49. The Morgan fingerprint density at radius 3 is 2.75 bits per heavy atom. The Balaban J connectivity index is 1.73. The molecule has 1 N–H and O–H groups in total. The quantitative estimate of drug-likeness (QED) is 0.523. The first-order chi connectivity index (χ1) is 13.6. The molecule has 28 heavy (non-hydrogen) atoms. The number of nitrogens with one attached hydrogen (secondary N) is 1. The number of aromatic nitrogens is 2. The van der Waals surface area contributed by atoms with Crippen LogP contribution in [0.2, 0.25) is 0 Å². The molecule has 1 aromatic heterocycles. The molecular weight excluding hydrogens is 350 g/mol. The number of carbonyl (C=O) groups is 1. The van der Waals surface area contributed by atoms with Gasteiger partial charge in [-0.3, -0.25) is 4.79 Å². The van der Waals surface area contributed by atoms with Crippen molar-refractivity contribution < 1.29 is 9.53 Å². The lowest BCUT2D eigenvalue weighted by Crippen LogP contribution is -2.08. The molecule has 5 nitrogen and oxygen atoms in total. The fourth-order valence-corrected chi connectivity index (χ4v) is 2.85. The number of nitrogens with zero attached hydrogens (tertiary/aromatic N) is 2. The lowest BCUT2D eigenvalue weighted by Gasteiger charge is -2.06. The topological polar surface area (TPSA) is 56.1 Å². The predicted molar refractivity (Wildman–Crippen MR) is 111 cm³/mol. The molecule has 3 aromatic rings. The number of para-hydroxylation sites is 1. The minimum absolute atomic E-state index is 0.182. The molecule has 0 unspecified atom stereocenters. The first-order valence-electron chi connectivity index (χ1n) is 8.85. The molecule has 140 valence electrons. The van der Waals surface area contributed by atoms with Crippen LogP contribution in [-0.2, 0) is 4.79 Å². The Morgan fingerprint density at radius 2 is 2.00 bits per heavy atom. The van der Waals surface area contributed by atoms with Crippen molar-refractivity contribution in [2.24, 2.45) is 0 Å². The van der Waals surface area contributed by atoms with E-state index >= 15 is 0 Å². The van der Waals surface area contributed by atoms with Gasteiger partial charge in [0.15, 0.2) is 0 Å². The Hall–Kier alpha value is -3.78. The molecule has 0 bridgehead atoms. The summed E-state index contributed by atoms with van der Waals surface area (Å²) in [7, 11) is 0. The number of hydrogen-bond donors (Lipinski definition) is 1. The van der Waals surface area contributed by atoms with Crippen LogP contribution in [0.15, 0.2) is 60.7 Å². The van der Waals surface area contributed by atoms with E-state index in [1.807, 2.05) is 48.9 Å². The zero-order chi connectivity index (χ0) is 19.9. The van der Waals surface area contributed by atoms with Gasteiger partial charge in [0.1, 0.15) is 12.4 Å². The van der Waals surface area contributed by atoms with Gasteiger partial charge in [-0.2, -0.15) is 5.10 Å². The van der Waals surface area contributed by atoms with Crippen molar-refractivity contribution in [2.75, 3.05) is 11.9 Å². The van der Waals surface area contributed by atoms with E-state index in [9.17, 15) is 4.79 Å². The number of carbonyl (C=O) groups excluding carboxylic acids is 1. The van der Waals surface area contributed by atoms with Crippen LogP contribution in [0.25, 0.3) is 11.8 Å². The molecule has 0 aliphatic rings. The van der Waals surface area contributed by atoms with Gasteiger partial charge in [-0.25, -0.2) is 4.68 Å². The molecule has 0 spiro atoms. The van der Waals surface area contributed by atoms with Crippen molar-refractivity contribution in [3.8, 4) is 23.8 Å². The van der Waals surface area contributed by atoms with Gasteiger partial charge in [0.05, 0.1) is 11.4 Å². The van der Waals surface area contributed by atoms with E-state index < -0.39 is 0 Å². The molecule has 0 radical (unpaired) electrons. The van der Waals surface area contributed by atoms with Gasteiger partial charge < -0.3 is 10.1 Å². The van der Waals surface area contributed by atoms with Crippen molar-refractivity contribution in [1.29, 1.82) is 0 Å². The summed E-state index contributed by atoms with van der Waals surface area (Å²) >= 11 is 0. The second kappa shape index (κ2) is 8.74. The SMILES string of the molecule is C#CCOc1cccc(NC(=O)/C=C/c2c(C)nn(-c3ccccc3)c2C)c1. The van der Waals surface area contributed by atoms with Gasteiger partial charge >= 0.3 is 0 Å². The van der Waals surface area contributed by atoms with Crippen LogP contribution >= 0.6 is 0 Å². The van der Waals surface area contributed by atoms with E-state index in [2.05, 4.69) is 16.3 Å². The molecule has 2 aromatic carbocycles. The Bertz CT molecular complexity index is 1040. The maximum Gasteiger partial charge on any atom is 0.248 e. The minimum Gasteiger partial charge on any atom is -0.481 e. The van der Waals surface area contributed by atoms with E-state index in [1.54, 1.807) is 30.3 Å². The number of hydrogen-bond acceptors (Lipinski definition) is 3. The summed E-state index contributed by atoms with van der Waals surface area (Å²) in [5.41, 5.74) is 4.37. The van der Waals surface area contributed by atoms with Gasteiger partial charge in [0, 0.05) is 29.1 Å². The van der Waals surface area contributed by atoms with Gasteiger partial charge in [0.2, 0.25) is 5.91 Å². The van der Waals surface area contributed by atoms with Gasteiger partial charge in [-0.1, -0.05) is 30.2 Å². The lowest BCUT2D eigenvalue weighted by atomic mass is 10.2. The highest BCUT2D eigenvalue weighted by Gasteiger charge is 2.10. The highest BCUT2D eigenvalue weighted by Crippen LogP contribution is 2.20. The molecule has 0 aliphatic heterocycles. The molecular formula is C23H21N3O2. The number of anilines is 1. The maximum atomic E-state index is 12.3. The maximum absolute atomic E-state index is 12.3. The average molecular weight is 371 g/mol. The Morgan fingerprint density at radius 1 is 1.21 bits per heavy atom. The minimum atomic E-state index is -0.236. The smallest absolute Gasteiger partial charge is 0.248 e. The lowest BCUT2D eigenvalue weighted by molar-refractivity contribution is -0.111. The zero-order valence-corrected chi connectivity index (χ0v) is 15.8. The predicted octanol–water partition coefficient (Wildman–Crippen LogP) is 4.15. The summed E-state index contributed by atoms with van der Waals surface area (Å²) in [6.45, 7) is 4.09. The number of ether oxygens (including phenoxy) is 1. The number of benzene rings is 2. The zero-order valence-electron chi connectivity index (χ0n) is 15.8. The third-order valence-corrected chi connectivity index (χ3v) is 4.17. The van der Waals surface area contributed by atoms with Crippen LogP contribution in [0.5, 0.6) is 5.75 Å². The average Bonchev–Trinajstić information content (AvgIpc) is 2.99. The van der Waals surface area contributed by atoms with E-state index in [0.717, 1.165) is 22.6 Å². The van der Waals surface area contributed by atoms with Crippen LogP contribution < -0.4 is 10.1 Å². The van der Waals surface area contributed by atoms with Crippen LogP contribution in [0, 0.1) is 26.2 Å². The number of amides is 1. The third-order valence-electron chi connectivity index (χ3n) is 4.17. The van der Waals surface area contributed by atoms with Crippen molar-refractivity contribution in [1.82, 2.24) is 9.78 Å². The van der Waals surface area contributed by atoms with E-state index in [4.69, 9.17) is 11.2 Å². The second-order valence-corrected chi connectivity index (χ2v) is 6.18. The number of terminal acetylenes is 1. The molecule has 0 fully saturated rings. The fraction of sp³-hybridized carbons (Fsp3) is 0.130. The Kier molecular flexibility index (Phi) is 5.93. The van der Waals surface area contributed by atoms with E-state index in [-0.39, 0.29) is 12.5 Å². The van der Waals surface area contributed by atoms with E-state index in [0.29, 0.717) is 11.4 Å². The van der Waals surface area contributed by atoms with Crippen molar-refractivity contribution in [2.45, 2.75) is 13.8 Å². The molecule has 0 aliphatic carbocycles. The van der Waals surface area contributed by atoms with Crippen molar-refractivity contribution in [3.63, 3.8) is 0 Å². The molecule has 1 heterocycles. The van der Waals surface area contributed by atoms with Crippen LogP contribution in [-0.4, -0.2) is 22.3 Å². The molecule has 1 amide bonds. The first-order valence-corrected chi connectivity index (χ1v) is 8.85. The first kappa shape index (κ1) is 19.0. The van der Waals surface area contributed by atoms with Crippen LogP contribution in [0.1, 0.15) is 17.0 Å². The van der Waals surface area contributed by atoms with Crippen molar-refractivity contribution >= 4 is 17.7 Å². The summed E-state index contributed by atoms with van der Waals surface area (Å²) in [4.78, 5) is 12.3.